The summed E-state index contributed by atoms with van der Waals surface area (Å²) in [7, 11) is 0. The molecule has 1 aliphatic rings. The van der Waals surface area contributed by atoms with Gasteiger partial charge in [-0.3, -0.25) is 0 Å². The van der Waals surface area contributed by atoms with E-state index < -0.39 is 0 Å². The van der Waals surface area contributed by atoms with Crippen molar-refractivity contribution in [2.45, 2.75) is 26.9 Å². The highest BCUT2D eigenvalue weighted by atomic mass is 32.1. The van der Waals surface area contributed by atoms with E-state index in [1.165, 1.54) is 22.3 Å². The predicted molar refractivity (Wildman–Crippen MR) is 119 cm³/mol. The zero-order chi connectivity index (χ0) is 19.8. The van der Waals surface area contributed by atoms with Crippen molar-refractivity contribution in [3.63, 3.8) is 0 Å². The van der Waals surface area contributed by atoms with E-state index in [4.69, 9.17) is 4.98 Å². The fourth-order valence-electron chi connectivity index (χ4n) is 3.60. The molecule has 0 amide bonds. The minimum Gasteiger partial charge on any atom is -0.365 e. The van der Waals surface area contributed by atoms with Gasteiger partial charge in [-0.2, -0.15) is 0 Å². The molecule has 1 N–H and O–H groups in total. The molecule has 0 saturated heterocycles. The van der Waals surface area contributed by atoms with Gasteiger partial charge in [0.05, 0.1) is 24.5 Å². The van der Waals surface area contributed by atoms with E-state index in [9.17, 15) is 0 Å². The molecule has 0 spiro atoms. The summed E-state index contributed by atoms with van der Waals surface area (Å²) in [4.78, 5) is 14.9. The summed E-state index contributed by atoms with van der Waals surface area (Å²) in [6.07, 6.45) is 6.04. The first kappa shape index (κ1) is 17.9. The molecule has 3 heterocycles. The van der Waals surface area contributed by atoms with E-state index in [0.717, 1.165) is 40.9 Å². The molecule has 1 aliphatic heterocycles. The molecule has 0 saturated carbocycles. The van der Waals surface area contributed by atoms with Crippen LogP contribution in [0.25, 0.3) is 28.6 Å². The Balaban J connectivity index is 1.35. The number of thiazole rings is 1. The van der Waals surface area contributed by atoms with Crippen molar-refractivity contribution in [3.05, 3.63) is 87.8 Å². The monoisotopic (exact) mass is 398 g/mol. The Labute approximate surface area is 174 Å². The summed E-state index contributed by atoms with van der Waals surface area (Å²) in [6, 6.07) is 15.3. The number of imidazole rings is 1. The maximum Gasteiger partial charge on any atom is 0.138 e. The van der Waals surface area contributed by atoms with Crippen LogP contribution in [-0.4, -0.2) is 19.9 Å². The van der Waals surface area contributed by atoms with Gasteiger partial charge < -0.3 is 9.88 Å². The molecule has 5 heteroatoms. The molecule has 29 heavy (non-hydrogen) atoms. The Morgan fingerprint density at radius 2 is 1.79 bits per heavy atom. The Kier molecular flexibility index (Phi) is 4.52. The van der Waals surface area contributed by atoms with Gasteiger partial charge in [0.25, 0.3) is 0 Å². The molecule has 5 rings (SSSR count). The van der Waals surface area contributed by atoms with Gasteiger partial charge in [-0.1, -0.05) is 42.5 Å². The van der Waals surface area contributed by atoms with Gasteiger partial charge in [0.1, 0.15) is 10.8 Å². The highest BCUT2D eigenvalue weighted by Gasteiger charge is 2.17. The average Bonchev–Trinajstić information content (AvgIpc) is 3.40. The number of aromatic amines is 1. The summed E-state index contributed by atoms with van der Waals surface area (Å²) < 4.78 is 0. The van der Waals surface area contributed by atoms with Gasteiger partial charge in [0, 0.05) is 23.3 Å². The molecule has 0 radical (unpaired) electrons. The summed E-state index contributed by atoms with van der Waals surface area (Å²) in [5, 5.41) is 3.14. The fraction of sp³-hybridized carbons (Fsp3) is 0.167. The number of nitrogens with zero attached hydrogens (tertiary/aromatic N) is 3. The van der Waals surface area contributed by atoms with Crippen LogP contribution in [0.5, 0.6) is 0 Å². The molecule has 0 fully saturated rings. The highest BCUT2D eigenvalue weighted by Crippen LogP contribution is 2.27. The van der Waals surface area contributed by atoms with Crippen LogP contribution >= 0.6 is 11.3 Å². The third-order valence-electron chi connectivity index (χ3n) is 5.44. The number of nitrogens with one attached hydrogen (secondary N) is 1. The second kappa shape index (κ2) is 7.33. The maximum atomic E-state index is 4.80. The summed E-state index contributed by atoms with van der Waals surface area (Å²) in [5.41, 5.74) is 8.39. The average molecular weight is 399 g/mol. The van der Waals surface area contributed by atoms with E-state index in [-0.39, 0.29) is 0 Å². The SMILES string of the molecule is Cc1ccc(-c2ccc(-c3nc4c([nH]3)CN(Cc3nccs3)C=C4)cc2)cc1C. The first-order valence-electron chi connectivity index (χ1n) is 9.73. The Morgan fingerprint density at radius 3 is 2.55 bits per heavy atom. The summed E-state index contributed by atoms with van der Waals surface area (Å²) in [5.74, 6) is 0.919. The smallest absolute Gasteiger partial charge is 0.138 e. The lowest BCUT2D eigenvalue weighted by Crippen LogP contribution is -2.19. The van der Waals surface area contributed by atoms with E-state index in [1.54, 1.807) is 11.3 Å². The highest BCUT2D eigenvalue weighted by molar-refractivity contribution is 7.09. The van der Waals surface area contributed by atoms with Crippen molar-refractivity contribution < 1.29 is 0 Å². The molecule has 0 bridgehead atoms. The second-order valence-electron chi connectivity index (χ2n) is 7.47. The Hall–Kier alpha value is -3.18. The molecular weight excluding hydrogens is 376 g/mol. The number of benzene rings is 2. The molecule has 4 nitrogen and oxygen atoms in total. The van der Waals surface area contributed by atoms with Crippen LogP contribution in [0.1, 0.15) is 27.5 Å². The van der Waals surface area contributed by atoms with E-state index in [2.05, 4.69) is 83.5 Å². The molecule has 2 aromatic heterocycles. The standard InChI is InChI=1S/C24H22N4S/c1-16-3-4-20(13-17(16)2)18-5-7-19(8-6-18)24-26-21-9-11-28(14-22(21)27-24)15-23-25-10-12-29-23/h3-13H,14-15H2,1-2H3,(H,26,27). The maximum absolute atomic E-state index is 4.80. The van der Waals surface area contributed by atoms with E-state index in [0.29, 0.717) is 0 Å². The van der Waals surface area contributed by atoms with Crippen LogP contribution in [0.15, 0.2) is 60.2 Å². The zero-order valence-electron chi connectivity index (χ0n) is 16.5. The number of hydrogen-bond acceptors (Lipinski definition) is 4. The van der Waals surface area contributed by atoms with Gasteiger partial charge in [0.15, 0.2) is 0 Å². The van der Waals surface area contributed by atoms with Crippen LogP contribution < -0.4 is 0 Å². The van der Waals surface area contributed by atoms with Crippen molar-refractivity contribution in [1.82, 2.24) is 19.9 Å². The summed E-state index contributed by atoms with van der Waals surface area (Å²) >= 11 is 1.69. The lowest BCUT2D eigenvalue weighted by Gasteiger charge is -2.21. The first-order chi connectivity index (χ1) is 14.2. The van der Waals surface area contributed by atoms with Crippen LogP contribution in [0.3, 0.4) is 0 Å². The molecule has 4 aromatic rings. The van der Waals surface area contributed by atoms with Crippen molar-refractivity contribution in [2.24, 2.45) is 0 Å². The largest absolute Gasteiger partial charge is 0.365 e. The van der Waals surface area contributed by atoms with Crippen molar-refractivity contribution in [2.75, 3.05) is 0 Å². The number of fused-ring (bicyclic) bond motifs is 1. The number of rotatable bonds is 4. The van der Waals surface area contributed by atoms with Crippen LogP contribution in [-0.2, 0) is 13.1 Å². The zero-order valence-corrected chi connectivity index (χ0v) is 17.3. The van der Waals surface area contributed by atoms with Gasteiger partial charge >= 0.3 is 0 Å². The number of H-pyrrole nitrogens is 1. The molecule has 0 aliphatic carbocycles. The number of aromatic nitrogens is 3. The normalized spacial score (nSPS) is 13.0. The molecule has 0 unspecified atom stereocenters. The lowest BCUT2D eigenvalue weighted by molar-refractivity contribution is 0.355. The van der Waals surface area contributed by atoms with Gasteiger partial charge in [0.2, 0.25) is 0 Å². The van der Waals surface area contributed by atoms with Crippen molar-refractivity contribution in [1.29, 1.82) is 0 Å². The third-order valence-corrected chi connectivity index (χ3v) is 6.20. The Bertz CT molecular complexity index is 1170. The van der Waals surface area contributed by atoms with Crippen LogP contribution in [0, 0.1) is 13.8 Å². The summed E-state index contributed by atoms with van der Waals surface area (Å²) in [6.45, 7) is 5.95. The second-order valence-corrected chi connectivity index (χ2v) is 8.45. The number of hydrogen-bond donors (Lipinski definition) is 1. The fourth-order valence-corrected chi connectivity index (χ4v) is 4.25. The quantitative estimate of drug-likeness (QED) is 0.472. The molecule has 144 valence electrons. The molecule has 0 atom stereocenters. The van der Waals surface area contributed by atoms with Crippen LogP contribution in [0.4, 0.5) is 0 Å². The topological polar surface area (TPSA) is 44.8 Å². The molecular formula is C24H22N4S. The van der Waals surface area contributed by atoms with Gasteiger partial charge in [-0.05, 0) is 42.2 Å². The van der Waals surface area contributed by atoms with Crippen molar-refractivity contribution >= 4 is 17.4 Å². The molecule has 2 aromatic carbocycles. The lowest BCUT2D eigenvalue weighted by atomic mass is 9.99. The minimum atomic E-state index is 0.819. The van der Waals surface area contributed by atoms with Crippen molar-refractivity contribution in [3.8, 4) is 22.5 Å². The van der Waals surface area contributed by atoms with E-state index >= 15 is 0 Å². The first-order valence-corrected chi connectivity index (χ1v) is 10.6. The minimum absolute atomic E-state index is 0.819. The van der Waals surface area contributed by atoms with Gasteiger partial charge in [-0.15, -0.1) is 11.3 Å². The number of aryl methyl sites for hydroxylation is 2. The van der Waals surface area contributed by atoms with E-state index in [1.807, 2.05) is 11.6 Å². The van der Waals surface area contributed by atoms with Crippen LogP contribution in [0.2, 0.25) is 0 Å². The predicted octanol–water partition coefficient (Wildman–Crippen LogP) is 5.80. The third kappa shape index (κ3) is 3.61. The van der Waals surface area contributed by atoms with Gasteiger partial charge in [-0.25, -0.2) is 9.97 Å². The Morgan fingerprint density at radius 1 is 1.00 bits per heavy atom.